The SMILES string of the molecule is Cc1ccc(N2CC(C(=O)Nc3nnc(Cc4ccccc4)s3)CC2=O)cc1C. The Kier molecular flexibility index (Phi) is 5.40. The molecule has 1 aromatic heterocycles. The second kappa shape index (κ2) is 8.13. The topological polar surface area (TPSA) is 75.2 Å². The van der Waals surface area contributed by atoms with E-state index in [4.69, 9.17) is 0 Å². The van der Waals surface area contributed by atoms with Crippen molar-refractivity contribution in [2.75, 3.05) is 16.8 Å². The Bertz CT molecular complexity index is 1050. The van der Waals surface area contributed by atoms with Gasteiger partial charge < -0.3 is 10.2 Å². The number of anilines is 2. The Balaban J connectivity index is 1.39. The third-order valence-corrected chi connectivity index (χ3v) is 6.03. The molecule has 0 aliphatic carbocycles. The van der Waals surface area contributed by atoms with Gasteiger partial charge in [0.1, 0.15) is 5.01 Å². The van der Waals surface area contributed by atoms with Crippen LogP contribution in [0.3, 0.4) is 0 Å². The number of benzene rings is 2. The number of hydrogen-bond donors (Lipinski definition) is 1. The number of carbonyl (C=O) groups excluding carboxylic acids is 2. The molecule has 148 valence electrons. The number of rotatable bonds is 5. The number of carbonyl (C=O) groups is 2. The molecule has 1 unspecified atom stereocenters. The van der Waals surface area contributed by atoms with Gasteiger partial charge in [0.25, 0.3) is 0 Å². The molecule has 1 aliphatic heterocycles. The average molecular weight is 407 g/mol. The van der Waals surface area contributed by atoms with Crippen LogP contribution >= 0.6 is 11.3 Å². The lowest BCUT2D eigenvalue weighted by molar-refractivity contribution is -0.122. The highest BCUT2D eigenvalue weighted by Gasteiger charge is 2.35. The van der Waals surface area contributed by atoms with E-state index in [-0.39, 0.29) is 18.2 Å². The molecule has 3 aromatic rings. The molecule has 2 amide bonds. The van der Waals surface area contributed by atoms with Gasteiger partial charge in [-0.05, 0) is 42.7 Å². The summed E-state index contributed by atoms with van der Waals surface area (Å²) in [6, 6.07) is 15.9. The second-order valence-corrected chi connectivity index (χ2v) is 8.39. The molecule has 1 saturated heterocycles. The Morgan fingerprint density at radius 3 is 2.69 bits per heavy atom. The van der Waals surface area contributed by atoms with Crippen molar-refractivity contribution < 1.29 is 9.59 Å². The van der Waals surface area contributed by atoms with E-state index in [1.807, 2.05) is 62.4 Å². The largest absolute Gasteiger partial charge is 0.312 e. The van der Waals surface area contributed by atoms with E-state index in [1.165, 1.54) is 16.9 Å². The summed E-state index contributed by atoms with van der Waals surface area (Å²) in [5.74, 6) is -0.617. The molecular formula is C22H22N4O2S. The number of aromatic nitrogens is 2. The molecule has 2 heterocycles. The summed E-state index contributed by atoms with van der Waals surface area (Å²) in [6.45, 7) is 4.43. The highest BCUT2D eigenvalue weighted by molar-refractivity contribution is 7.15. The molecule has 4 rings (SSSR count). The van der Waals surface area contributed by atoms with Crippen LogP contribution in [0.15, 0.2) is 48.5 Å². The van der Waals surface area contributed by atoms with Crippen LogP contribution in [-0.4, -0.2) is 28.6 Å². The third-order valence-electron chi connectivity index (χ3n) is 5.19. The Morgan fingerprint density at radius 1 is 1.14 bits per heavy atom. The van der Waals surface area contributed by atoms with Gasteiger partial charge in [0, 0.05) is 25.1 Å². The molecular weight excluding hydrogens is 384 g/mol. The van der Waals surface area contributed by atoms with Crippen LogP contribution < -0.4 is 10.2 Å². The fourth-order valence-corrected chi connectivity index (χ4v) is 4.16. The van der Waals surface area contributed by atoms with Crippen molar-refractivity contribution in [2.45, 2.75) is 26.7 Å². The first-order chi connectivity index (χ1) is 14.0. The van der Waals surface area contributed by atoms with E-state index in [2.05, 4.69) is 15.5 Å². The Morgan fingerprint density at radius 2 is 1.93 bits per heavy atom. The predicted molar refractivity (Wildman–Crippen MR) is 114 cm³/mol. The van der Waals surface area contributed by atoms with Gasteiger partial charge >= 0.3 is 0 Å². The number of nitrogens with zero attached hydrogens (tertiary/aromatic N) is 3. The normalized spacial score (nSPS) is 16.3. The van der Waals surface area contributed by atoms with Gasteiger partial charge in [0.15, 0.2) is 0 Å². The molecule has 0 bridgehead atoms. The van der Waals surface area contributed by atoms with E-state index in [1.54, 1.807) is 4.90 Å². The van der Waals surface area contributed by atoms with Crippen LogP contribution in [0.2, 0.25) is 0 Å². The van der Waals surface area contributed by atoms with Gasteiger partial charge in [-0.25, -0.2) is 0 Å². The molecule has 7 heteroatoms. The maximum Gasteiger partial charge on any atom is 0.231 e. The van der Waals surface area contributed by atoms with E-state index >= 15 is 0 Å². The van der Waals surface area contributed by atoms with Gasteiger partial charge in [-0.3, -0.25) is 9.59 Å². The van der Waals surface area contributed by atoms with Crippen LogP contribution in [0.5, 0.6) is 0 Å². The predicted octanol–water partition coefficient (Wildman–Crippen LogP) is 3.74. The number of aryl methyl sites for hydroxylation is 2. The zero-order valence-electron chi connectivity index (χ0n) is 16.4. The molecule has 29 heavy (non-hydrogen) atoms. The first-order valence-electron chi connectivity index (χ1n) is 9.54. The van der Waals surface area contributed by atoms with Gasteiger partial charge in [-0.15, -0.1) is 10.2 Å². The van der Waals surface area contributed by atoms with E-state index in [0.717, 1.165) is 21.8 Å². The van der Waals surface area contributed by atoms with Gasteiger partial charge in [0.2, 0.25) is 16.9 Å². The van der Waals surface area contributed by atoms with Gasteiger partial charge in [0.05, 0.1) is 5.92 Å². The van der Waals surface area contributed by atoms with Crippen LogP contribution in [0, 0.1) is 19.8 Å². The van der Waals surface area contributed by atoms with Crippen molar-refractivity contribution in [3.05, 3.63) is 70.2 Å². The smallest absolute Gasteiger partial charge is 0.231 e. The molecule has 2 aromatic carbocycles. The minimum Gasteiger partial charge on any atom is -0.312 e. The van der Waals surface area contributed by atoms with Gasteiger partial charge in [-0.1, -0.05) is 47.7 Å². The lowest BCUT2D eigenvalue weighted by Crippen LogP contribution is -2.28. The summed E-state index contributed by atoms with van der Waals surface area (Å²) in [4.78, 5) is 26.8. The maximum atomic E-state index is 12.7. The molecule has 0 saturated carbocycles. The van der Waals surface area contributed by atoms with Crippen LogP contribution in [0.1, 0.15) is 28.1 Å². The maximum absolute atomic E-state index is 12.7. The standard InChI is InChI=1S/C22H22N4O2S/c1-14-8-9-18(10-15(14)2)26-13-17(12-20(26)27)21(28)23-22-25-24-19(29-22)11-16-6-4-3-5-7-16/h3-10,17H,11-13H2,1-2H3,(H,23,25,28). The molecule has 0 radical (unpaired) electrons. The quantitative estimate of drug-likeness (QED) is 0.700. The average Bonchev–Trinajstić information content (AvgIpc) is 3.31. The number of nitrogens with one attached hydrogen (secondary N) is 1. The van der Waals surface area contributed by atoms with E-state index in [9.17, 15) is 9.59 Å². The molecule has 1 fully saturated rings. The van der Waals surface area contributed by atoms with Crippen molar-refractivity contribution in [3.63, 3.8) is 0 Å². The minimum absolute atomic E-state index is 0.0320. The van der Waals surface area contributed by atoms with Crippen molar-refractivity contribution in [1.82, 2.24) is 10.2 Å². The molecule has 0 spiro atoms. The first kappa shape index (κ1) is 19.3. The van der Waals surface area contributed by atoms with Gasteiger partial charge in [-0.2, -0.15) is 0 Å². The minimum atomic E-state index is -0.398. The fourth-order valence-electron chi connectivity index (χ4n) is 3.38. The van der Waals surface area contributed by atoms with Crippen molar-refractivity contribution >= 4 is 34.0 Å². The van der Waals surface area contributed by atoms with Crippen molar-refractivity contribution in [1.29, 1.82) is 0 Å². The molecule has 1 N–H and O–H groups in total. The Hall–Kier alpha value is -3.06. The van der Waals surface area contributed by atoms with Crippen molar-refractivity contribution in [3.8, 4) is 0 Å². The zero-order chi connectivity index (χ0) is 20.4. The number of hydrogen-bond acceptors (Lipinski definition) is 5. The third kappa shape index (κ3) is 4.35. The van der Waals surface area contributed by atoms with Crippen molar-refractivity contribution in [2.24, 2.45) is 5.92 Å². The lowest BCUT2D eigenvalue weighted by Gasteiger charge is -2.17. The van der Waals surface area contributed by atoms with E-state index < -0.39 is 5.92 Å². The Labute approximate surface area is 173 Å². The number of amides is 2. The fraction of sp³-hybridized carbons (Fsp3) is 0.273. The summed E-state index contributed by atoms with van der Waals surface area (Å²) in [5.41, 5.74) is 4.29. The summed E-state index contributed by atoms with van der Waals surface area (Å²) in [7, 11) is 0. The monoisotopic (exact) mass is 406 g/mol. The van der Waals surface area contributed by atoms with Crippen LogP contribution in [0.25, 0.3) is 0 Å². The molecule has 1 aliphatic rings. The second-order valence-electron chi connectivity index (χ2n) is 7.33. The lowest BCUT2D eigenvalue weighted by atomic mass is 10.1. The summed E-state index contributed by atoms with van der Waals surface area (Å²) in [5, 5.41) is 12.4. The van der Waals surface area contributed by atoms with E-state index in [0.29, 0.717) is 18.1 Å². The summed E-state index contributed by atoms with van der Waals surface area (Å²) < 4.78 is 0. The summed E-state index contributed by atoms with van der Waals surface area (Å²) in [6.07, 6.45) is 0.880. The highest BCUT2D eigenvalue weighted by atomic mass is 32.1. The van der Waals surface area contributed by atoms with Crippen LogP contribution in [-0.2, 0) is 16.0 Å². The van der Waals surface area contributed by atoms with Crippen LogP contribution in [0.4, 0.5) is 10.8 Å². The molecule has 6 nitrogen and oxygen atoms in total. The zero-order valence-corrected chi connectivity index (χ0v) is 17.2. The first-order valence-corrected chi connectivity index (χ1v) is 10.4. The molecule has 1 atom stereocenters. The highest BCUT2D eigenvalue weighted by Crippen LogP contribution is 2.28. The summed E-state index contributed by atoms with van der Waals surface area (Å²) >= 11 is 1.36.